The van der Waals surface area contributed by atoms with Crippen LogP contribution in [0.5, 0.6) is 0 Å². The van der Waals surface area contributed by atoms with Crippen LogP contribution >= 0.6 is 26.7 Å². The molecule has 0 aliphatic carbocycles. The Morgan fingerprint density at radius 2 is 1.13 bits per heavy atom. The van der Waals surface area contributed by atoms with E-state index in [1.165, 1.54) is 10.6 Å². The average Bonchev–Trinajstić information content (AvgIpc) is 2.99. The lowest BCUT2D eigenvalue weighted by Gasteiger charge is -2.41. The monoisotopic (exact) mass is 551 g/mol. The highest BCUT2D eigenvalue weighted by Crippen LogP contribution is 2.64. The summed E-state index contributed by atoms with van der Waals surface area (Å²) >= 11 is 6.56. The van der Waals surface area contributed by atoms with Crippen LogP contribution in [0.4, 0.5) is 5.69 Å². The standard InChI is InChI=1S/C33H28ClNOP2/c34-25-21-22-31-30(23-25)32(38(36,28-17-9-3-10-18-28)29-19-11-4-12-20-29)24-33(35-31)37(26-13-5-1-6-14-26)27-15-7-2-8-16-27/h1-23,32-33,35H,24H2/t32?,33-/m1/s1. The molecular weight excluding hydrogens is 524 g/mol. The van der Waals surface area contributed by atoms with Crippen molar-refractivity contribution < 1.29 is 4.57 Å². The second kappa shape index (κ2) is 10.9. The molecule has 0 amide bonds. The lowest BCUT2D eigenvalue weighted by Crippen LogP contribution is -2.35. The maximum Gasteiger partial charge on any atom is 0.150 e. The van der Waals surface area contributed by atoms with E-state index in [1.807, 2.05) is 72.8 Å². The number of fused-ring (bicyclic) bond motifs is 1. The summed E-state index contributed by atoms with van der Waals surface area (Å²) in [6, 6.07) is 47.5. The van der Waals surface area contributed by atoms with Crippen molar-refractivity contribution in [3.8, 4) is 0 Å². The molecule has 5 heteroatoms. The highest BCUT2D eigenvalue weighted by Gasteiger charge is 2.44. The van der Waals surface area contributed by atoms with Gasteiger partial charge in [0.25, 0.3) is 0 Å². The van der Waals surface area contributed by atoms with Crippen LogP contribution in [0.3, 0.4) is 0 Å². The second-order valence-electron chi connectivity index (χ2n) is 9.51. The van der Waals surface area contributed by atoms with E-state index in [0.717, 1.165) is 28.3 Å². The van der Waals surface area contributed by atoms with Crippen LogP contribution in [0.1, 0.15) is 17.6 Å². The van der Waals surface area contributed by atoms with Gasteiger partial charge in [-0.15, -0.1) is 0 Å². The molecule has 1 heterocycles. The molecule has 5 aromatic carbocycles. The Hall–Kier alpha value is -3.15. The van der Waals surface area contributed by atoms with Crippen molar-refractivity contribution in [3.05, 3.63) is 150 Å². The van der Waals surface area contributed by atoms with Crippen LogP contribution < -0.4 is 26.5 Å². The van der Waals surface area contributed by atoms with Crippen LogP contribution in [0.25, 0.3) is 0 Å². The van der Waals surface area contributed by atoms with Crippen LogP contribution in [0, 0.1) is 0 Å². The van der Waals surface area contributed by atoms with Crippen molar-refractivity contribution in [3.63, 3.8) is 0 Å². The third-order valence-corrected chi connectivity index (χ3v) is 13.6. The van der Waals surface area contributed by atoms with Crippen molar-refractivity contribution in [1.29, 1.82) is 0 Å². The first-order valence-corrected chi connectivity index (χ1v) is 16.4. The van der Waals surface area contributed by atoms with Crippen molar-refractivity contribution in [2.45, 2.75) is 17.9 Å². The lowest BCUT2D eigenvalue weighted by atomic mass is 10.0. The number of nitrogens with one attached hydrogen (secondary N) is 1. The van der Waals surface area contributed by atoms with Crippen molar-refractivity contribution in [2.75, 3.05) is 5.32 Å². The van der Waals surface area contributed by atoms with Gasteiger partial charge in [0.1, 0.15) is 0 Å². The fraction of sp³-hybridized carbons (Fsp3) is 0.0909. The van der Waals surface area contributed by atoms with E-state index in [-0.39, 0.29) is 11.4 Å². The predicted molar refractivity (Wildman–Crippen MR) is 165 cm³/mol. The van der Waals surface area contributed by atoms with E-state index >= 15 is 4.57 Å². The molecule has 6 rings (SSSR count). The smallest absolute Gasteiger partial charge is 0.150 e. The topological polar surface area (TPSA) is 29.1 Å². The van der Waals surface area contributed by atoms with Gasteiger partial charge in [-0.1, -0.05) is 133 Å². The molecule has 38 heavy (non-hydrogen) atoms. The molecular formula is C33H28ClNOP2. The van der Waals surface area contributed by atoms with Crippen molar-refractivity contribution in [2.24, 2.45) is 0 Å². The average molecular weight is 552 g/mol. The predicted octanol–water partition coefficient (Wildman–Crippen LogP) is 7.67. The second-order valence-corrected chi connectivity index (χ2v) is 15.3. The molecule has 0 saturated heterocycles. The SMILES string of the molecule is O=P(c1ccccc1)(c1ccccc1)C1C[C@@H](P(c2ccccc2)c2ccccc2)Nc2ccc(Cl)cc21. The van der Waals surface area contributed by atoms with Crippen LogP contribution in [0.2, 0.25) is 5.02 Å². The molecule has 188 valence electrons. The molecule has 5 aromatic rings. The van der Waals surface area contributed by atoms with Gasteiger partial charge in [-0.3, -0.25) is 0 Å². The zero-order valence-corrected chi connectivity index (χ0v) is 23.4. The molecule has 2 atom stereocenters. The van der Waals surface area contributed by atoms with E-state index in [9.17, 15) is 0 Å². The molecule has 0 spiro atoms. The number of hydrogen-bond acceptors (Lipinski definition) is 2. The number of anilines is 1. The molecule has 1 aliphatic rings. The van der Waals surface area contributed by atoms with E-state index in [1.54, 1.807) is 0 Å². The Kier molecular flexibility index (Phi) is 7.22. The van der Waals surface area contributed by atoms with Gasteiger partial charge in [-0.2, -0.15) is 0 Å². The van der Waals surface area contributed by atoms with Crippen molar-refractivity contribution in [1.82, 2.24) is 0 Å². The van der Waals surface area contributed by atoms with Crippen LogP contribution in [-0.4, -0.2) is 5.78 Å². The molecule has 1 unspecified atom stereocenters. The molecule has 0 bridgehead atoms. The fourth-order valence-electron chi connectivity index (χ4n) is 5.53. The number of halogens is 1. The third-order valence-electron chi connectivity index (χ3n) is 7.24. The minimum Gasteiger partial charge on any atom is -0.378 e. The first-order valence-electron chi connectivity index (χ1n) is 12.8. The van der Waals surface area contributed by atoms with Gasteiger partial charge in [-0.25, -0.2) is 0 Å². The summed E-state index contributed by atoms with van der Waals surface area (Å²) in [6.07, 6.45) is 0.726. The normalized spacial score (nSPS) is 17.0. The van der Waals surface area contributed by atoms with Gasteiger partial charge in [0.05, 0.1) is 5.78 Å². The minimum atomic E-state index is -3.10. The van der Waals surface area contributed by atoms with E-state index in [4.69, 9.17) is 11.6 Å². The first-order chi connectivity index (χ1) is 18.6. The quantitative estimate of drug-likeness (QED) is 0.219. The number of rotatable bonds is 6. The summed E-state index contributed by atoms with van der Waals surface area (Å²) in [5.41, 5.74) is 1.83. The van der Waals surface area contributed by atoms with Gasteiger partial charge < -0.3 is 9.88 Å². The maximum absolute atomic E-state index is 15.6. The summed E-state index contributed by atoms with van der Waals surface area (Å²) in [6.45, 7) is 0. The largest absolute Gasteiger partial charge is 0.378 e. The molecule has 2 nitrogen and oxygen atoms in total. The highest BCUT2D eigenvalue weighted by atomic mass is 35.5. The summed E-state index contributed by atoms with van der Waals surface area (Å²) < 4.78 is 15.6. The summed E-state index contributed by atoms with van der Waals surface area (Å²) in [7, 11) is -3.88. The van der Waals surface area contributed by atoms with Gasteiger partial charge in [0.2, 0.25) is 0 Å². The molecule has 0 aromatic heterocycles. The zero-order chi connectivity index (χ0) is 26.0. The Morgan fingerprint density at radius 1 is 0.658 bits per heavy atom. The number of hydrogen-bond donors (Lipinski definition) is 1. The lowest BCUT2D eigenvalue weighted by molar-refractivity contribution is 0.572. The first kappa shape index (κ1) is 25.1. The highest BCUT2D eigenvalue weighted by molar-refractivity contribution is 7.79. The van der Waals surface area contributed by atoms with Gasteiger partial charge in [0.15, 0.2) is 7.14 Å². The summed E-state index contributed by atoms with van der Waals surface area (Å²) in [5.74, 6) is 0.0919. The zero-order valence-electron chi connectivity index (χ0n) is 20.8. The molecule has 1 N–H and O–H groups in total. The summed E-state index contributed by atoms with van der Waals surface area (Å²) in [5, 5.41) is 8.90. The van der Waals surface area contributed by atoms with E-state index in [2.05, 4.69) is 72.0 Å². The minimum absolute atomic E-state index is 0.0919. The van der Waals surface area contributed by atoms with Gasteiger partial charge in [-0.05, 0) is 48.7 Å². The Bertz CT molecular complexity index is 1480. The third kappa shape index (κ3) is 4.74. The maximum atomic E-state index is 15.6. The number of benzene rings is 5. The molecule has 0 fully saturated rings. The van der Waals surface area contributed by atoms with Crippen LogP contribution in [-0.2, 0) is 4.57 Å². The van der Waals surface area contributed by atoms with E-state index in [0.29, 0.717) is 5.02 Å². The van der Waals surface area contributed by atoms with Gasteiger partial charge >= 0.3 is 0 Å². The van der Waals surface area contributed by atoms with Crippen LogP contribution in [0.15, 0.2) is 140 Å². The Balaban J connectivity index is 1.56. The molecule has 1 aliphatic heterocycles. The summed E-state index contributed by atoms with van der Waals surface area (Å²) in [4.78, 5) is 0. The Labute approximate surface area is 230 Å². The Morgan fingerprint density at radius 3 is 1.63 bits per heavy atom. The van der Waals surface area contributed by atoms with Gasteiger partial charge in [0, 0.05) is 27.0 Å². The van der Waals surface area contributed by atoms with E-state index < -0.39 is 15.1 Å². The molecule has 0 radical (unpaired) electrons. The van der Waals surface area contributed by atoms with Crippen molar-refractivity contribution >= 4 is 53.6 Å². The molecule has 0 saturated carbocycles. The fourth-order valence-corrected chi connectivity index (χ4v) is 11.9.